The van der Waals surface area contributed by atoms with Crippen molar-refractivity contribution in [2.24, 2.45) is 0 Å². The normalized spacial score (nSPS) is 18.8. The van der Waals surface area contributed by atoms with E-state index in [1.165, 1.54) is 177 Å². The molecule has 2 fully saturated rings. The maximum Gasteiger partial charge on any atom is 0.141 e. The topological polar surface area (TPSA) is 0 Å². The highest BCUT2D eigenvalue weighted by Gasteiger charge is 2.32. The Morgan fingerprint density at radius 3 is 1.03 bits per heavy atom. The van der Waals surface area contributed by atoms with Gasteiger partial charge in [0, 0.05) is 25.7 Å². The van der Waals surface area contributed by atoms with Gasteiger partial charge in [0.2, 0.25) is 0 Å². The summed E-state index contributed by atoms with van der Waals surface area (Å²) in [5.74, 6) is 7.46. The van der Waals surface area contributed by atoms with Crippen molar-refractivity contribution in [3.8, 4) is 11.8 Å². The molecule has 2 aliphatic rings. The van der Waals surface area contributed by atoms with Gasteiger partial charge in [-0.1, -0.05) is 90.9 Å². The minimum Gasteiger partial charge on any atom is -0.313 e. The van der Waals surface area contributed by atoms with Gasteiger partial charge in [0.05, 0.1) is 39.3 Å². The summed E-state index contributed by atoms with van der Waals surface area (Å²) in [6.07, 6.45) is 28.7. The summed E-state index contributed by atoms with van der Waals surface area (Å²) < 4.78 is 2.64. The Hall–Kier alpha value is -0.520. The van der Waals surface area contributed by atoms with Crippen LogP contribution in [0.15, 0.2) is 0 Å². The van der Waals surface area contributed by atoms with Crippen molar-refractivity contribution in [2.45, 2.75) is 142 Å². The maximum absolute atomic E-state index is 3.73. The molecule has 0 saturated carbocycles. The van der Waals surface area contributed by atoms with Gasteiger partial charge in [-0.3, -0.25) is 0 Å². The quantitative estimate of drug-likeness (QED) is 0.0942. The Morgan fingerprint density at radius 1 is 0.412 bits per heavy atom. The van der Waals surface area contributed by atoms with E-state index in [1.807, 2.05) is 0 Å². The molecule has 2 aliphatic heterocycles. The van der Waals surface area contributed by atoms with Crippen LogP contribution in [0.25, 0.3) is 0 Å². The molecule has 0 bridgehead atoms. The molecule has 198 valence electrons. The molecule has 2 nitrogen and oxygen atoms in total. The van der Waals surface area contributed by atoms with E-state index in [0.29, 0.717) is 0 Å². The average molecular weight is 475 g/mol. The molecule has 0 atom stereocenters. The van der Waals surface area contributed by atoms with Crippen molar-refractivity contribution >= 4 is 0 Å². The van der Waals surface area contributed by atoms with Crippen molar-refractivity contribution in [3.05, 3.63) is 0 Å². The number of quaternary nitrogens is 2. The second-order valence-electron chi connectivity index (χ2n) is 12.1. The predicted molar refractivity (Wildman–Crippen MR) is 151 cm³/mol. The van der Waals surface area contributed by atoms with Gasteiger partial charge in [-0.15, -0.1) is 0 Å². The van der Waals surface area contributed by atoms with Gasteiger partial charge in [-0.25, -0.2) is 0 Å². The molecule has 2 saturated heterocycles. The third-order valence-corrected chi connectivity index (χ3v) is 8.96. The molecule has 0 aromatic rings. The molecule has 0 aromatic heterocycles. The van der Waals surface area contributed by atoms with Crippen LogP contribution in [0.1, 0.15) is 142 Å². The van der Waals surface area contributed by atoms with E-state index in [-0.39, 0.29) is 0 Å². The van der Waals surface area contributed by atoms with Gasteiger partial charge in [0.15, 0.2) is 0 Å². The molecule has 0 N–H and O–H groups in total. The van der Waals surface area contributed by atoms with E-state index >= 15 is 0 Å². The fraction of sp³-hybridized carbons (Fsp3) is 0.938. The third-order valence-electron chi connectivity index (χ3n) is 8.96. The van der Waals surface area contributed by atoms with E-state index in [0.717, 1.165) is 13.1 Å². The number of hydrogen-bond donors (Lipinski definition) is 0. The van der Waals surface area contributed by atoms with Gasteiger partial charge < -0.3 is 8.97 Å². The smallest absolute Gasteiger partial charge is 0.141 e. The van der Waals surface area contributed by atoms with Crippen molar-refractivity contribution in [2.75, 3.05) is 52.4 Å². The zero-order valence-electron chi connectivity index (χ0n) is 23.7. The molecule has 34 heavy (non-hydrogen) atoms. The Bertz CT molecular complexity index is 485. The molecule has 0 unspecified atom stereocenters. The standard InChI is InChI=1S/C32H62N2/c1-3-5-7-9-11-13-15-17-25-33(27-19-20-28-33)31-23-24-32-34(29-21-22-30-34)26-18-16-14-12-10-8-6-4-2/h3-22,25-32H2,1-2H3/q+2. The largest absolute Gasteiger partial charge is 0.313 e. The first kappa shape index (κ1) is 29.7. The van der Waals surface area contributed by atoms with Crippen LogP contribution < -0.4 is 0 Å². The Kier molecular flexibility index (Phi) is 16.3. The molecule has 0 aliphatic carbocycles. The van der Waals surface area contributed by atoms with Crippen LogP contribution in [0.5, 0.6) is 0 Å². The number of rotatable bonds is 20. The zero-order valence-corrected chi connectivity index (χ0v) is 23.7. The highest BCUT2D eigenvalue weighted by atomic mass is 15.4. The number of hydrogen-bond acceptors (Lipinski definition) is 0. The summed E-state index contributed by atoms with van der Waals surface area (Å²) >= 11 is 0. The van der Waals surface area contributed by atoms with Crippen molar-refractivity contribution in [1.29, 1.82) is 0 Å². The van der Waals surface area contributed by atoms with Gasteiger partial charge in [-0.05, 0) is 37.5 Å². The third kappa shape index (κ3) is 12.4. The molecule has 0 spiro atoms. The van der Waals surface area contributed by atoms with E-state index in [1.54, 1.807) is 0 Å². The lowest BCUT2D eigenvalue weighted by Gasteiger charge is -2.33. The van der Waals surface area contributed by atoms with Crippen LogP contribution >= 0.6 is 0 Å². The Balaban J connectivity index is 1.65. The van der Waals surface area contributed by atoms with Gasteiger partial charge in [-0.2, -0.15) is 0 Å². The Labute approximate surface area is 215 Å². The number of nitrogens with zero attached hydrogens (tertiary/aromatic N) is 2. The molecule has 2 heterocycles. The monoisotopic (exact) mass is 474 g/mol. The van der Waals surface area contributed by atoms with Crippen LogP contribution in [0, 0.1) is 11.8 Å². The summed E-state index contributed by atoms with van der Waals surface area (Å²) in [4.78, 5) is 0. The molecule has 2 rings (SSSR count). The van der Waals surface area contributed by atoms with E-state index in [2.05, 4.69) is 25.7 Å². The van der Waals surface area contributed by atoms with Crippen LogP contribution in [0.2, 0.25) is 0 Å². The van der Waals surface area contributed by atoms with Crippen molar-refractivity contribution in [3.63, 3.8) is 0 Å². The molecule has 0 amide bonds. The Morgan fingerprint density at radius 2 is 0.706 bits per heavy atom. The second kappa shape index (κ2) is 18.7. The lowest BCUT2D eigenvalue weighted by molar-refractivity contribution is -0.911. The number of likely N-dealkylation sites (tertiary alicyclic amines) is 2. The molecule has 0 aromatic carbocycles. The highest BCUT2D eigenvalue weighted by Crippen LogP contribution is 2.22. The van der Waals surface area contributed by atoms with Crippen LogP contribution in [-0.2, 0) is 0 Å². The minimum atomic E-state index is 1.13. The van der Waals surface area contributed by atoms with Gasteiger partial charge in [0.1, 0.15) is 13.1 Å². The molecular formula is C32H62N2+2. The first-order chi connectivity index (χ1) is 16.7. The first-order valence-electron chi connectivity index (χ1n) is 15.9. The molecule has 0 radical (unpaired) electrons. The first-order valence-corrected chi connectivity index (χ1v) is 15.9. The van der Waals surface area contributed by atoms with Crippen LogP contribution in [0.3, 0.4) is 0 Å². The summed E-state index contributed by atoms with van der Waals surface area (Å²) in [6.45, 7) is 15.2. The van der Waals surface area contributed by atoms with Crippen molar-refractivity contribution < 1.29 is 8.97 Å². The lowest BCUT2D eigenvalue weighted by atomic mass is 10.1. The van der Waals surface area contributed by atoms with Gasteiger partial charge >= 0.3 is 0 Å². The predicted octanol–water partition coefficient (Wildman–Crippen LogP) is 8.49. The SMILES string of the molecule is CCCCCCCCCC[N+]1(CC#CC[N+]2(CCCCCCCCCC)CCCC2)CCCC1. The zero-order chi connectivity index (χ0) is 24.2. The summed E-state index contributed by atoms with van der Waals surface area (Å²) in [6, 6.07) is 0. The fourth-order valence-corrected chi connectivity index (χ4v) is 6.54. The maximum atomic E-state index is 3.73. The summed E-state index contributed by atoms with van der Waals surface area (Å²) in [7, 11) is 0. The molecular weight excluding hydrogens is 412 g/mol. The lowest BCUT2D eigenvalue weighted by Crippen LogP contribution is -2.47. The van der Waals surface area contributed by atoms with E-state index in [9.17, 15) is 0 Å². The fourth-order valence-electron chi connectivity index (χ4n) is 6.54. The van der Waals surface area contributed by atoms with Gasteiger partial charge in [0.25, 0.3) is 0 Å². The second-order valence-corrected chi connectivity index (χ2v) is 12.1. The van der Waals surface area contributed by atoms with Crippen LogP contribution in [-0.4, -0.2) is 61.3 Å². The molecule has 2 heteroatoms. The number of unbranched alkanes of at least 4 members (excludes halogenated alkanes) is 14. The van der Waals surface area contributed by atoms with E-state index < -0.39 is 0 Å². The average Bonchev–Trinajstić information content (AvgIpc) is 3.51. The highest BCUT2D eigenvalue weighted by molar-refractivity contribution is 5.00. The summed E-state index contributed by atoms with van der Waals surface area (Å²) in [5.41, 5.74) is 0. The van der Waals surface area contributed by atoms with Crippen molar-refractivity contribution in [1.82, 2.24) is 0 Å². The summed E-state index contributed by atoms with van der Waals surface area (Å²) in [5, 5.41) is 0. The van der Waals surface area contributed by atoms with Crippen LogP contribution in [0.4, 0.5) is 0 Å². The van der Waals surface area contributed by atoms with E-state index in [4.69, 9.17) is 0 Å². The minimum absolute atomic E-state index is 1.13.